The van der Waals surface area contributed by atoms with E-state index >= 15 is 0 Å². The number of piperidine rings is 1. The summed E-state index contributed by atoms with van der Waals surface area (Å²) in [6.07, 6.45) is 2.21. The highest BCUT2D eigenvalue weighted by Crippen LogP contribution is 2.31. The van der Waals surface area contributed by atoms with Gasteiger partial charge in [0, 0.05) is 10.2 Å². The maximum Gasteiger partial charge on any atom is 0.242 e. The number of carbonyl (C=O) groups excluding carboxylic acids is 1. The summed E-state index contributed by atoms with van der Waals surface area (Å²) in [7, 11) is 0. The van der Waals surface area contributed by atoms with Gasteiger partial charge in [-0.3, -0.25) is 4.79 Å². The molecule has 2 rings (SSSR count). The maximum atomic E-state index is 12.4. The van der Waals surface area contributed by atoms with Gasteiger partial charge in [-0.1, -0.05) is 29.8 Å². The molecule has 19 heavy (non-hydrogen) atoms. The second kappa shape index (κ2) is 5.63. The fraction of sp³-hybridized carbons (Fsp3) is 0.533. The highest BCUT2D eigenvalue weighted by atomic mass is 79.9. The molecule has 1 aromatic rings. The Balaban J connectivity index is 2.12. The summed E-state index contributed by atoms with van der Waals surface area (Å²) in [5.41, 5.74) is 1.96. The molecule has 0 aromatic heterocycles. The van der Waals surface area contributed by atoms with E-state index in [2.05, 4.69) is 40.4 Å². The first kappa shape index (κ1) is 14.5. The third kappa shape index (κ3) is 3.37. The molecule has 1 unspecified atom stereocenters. The van der Waals surface area contributed by atoms with Gasteiger partial charge in [-0.05, 0) is 55.5 Å². The third-order valence-corrected chi connectivity index (χ3v) is 4.33. The Morgan fingerprint density at radius 2 is 2.21 bits per heavy atom. The number of halogens is 1. The van der Waals surface area contributed by atoms with Gasteiger partial charge in [0.2, 0.25) is 5.91 Å². The molecule has 0 spiro atoms. The van der Waals surface area contributed by atoms with Crippen molar-refractivity contribution in [3.8, 4) is 0 Å². The van der Waals surface area contributed by atoms with Crippen LogP contribution in [0.3, 0.4) is 0 Å². The standard InChI is InChI=1S/C15H21BrN2O/c1-10-9-11(16)5-6-12(10)18-14(19)13-15(2,3)7-4-8-17-13/h5-6,9,13,17H,4,7-8H2,1-3H3,(H,18,19). The van der Waals surface area contributed by atoms with Crippen LogP contribution in [0.15, 0.2) is 22.7 Å². The molecular weight excluding hydrogens is 304 g/mol. The second-order valence-electron chi connectivity index (χ2n) is 5.93. The van der Waals surface area contributed by atoms with Crippen molar-refractivity contribution in [3.05, 3.63) is 28.2 Å². The summed E-state index contributed by atoms with van der Waals surface area (Å²) < 4.78 is 1.03. The van der Waals surface area contributed by atoms with E-state index in [-0.39, 0.29) is 17.4 Å². The number of amides is 1. The van der Waals surface area contributed by atoms with Gasteiger partial charge in [-0.25, -0.2) is 0 Å². The molecule has 2 N–H and O–H groups in total. The van der Waals surface area contributed by atoms with E-state index in [0.29, 0.717) is 0 Å². The van der Waals surface area contributed by atoms with Crippen LogP contribution < -0.4 is 10.6 Å². The van der Waals surface area contributed by atoms with Crippen LogP contribution in [-0.4, -0.2) is 18.5 Å². The molecule has 3 nitrogen and oxygen atoms in total. The van der Waals surface area contributed by atoms with Gasteiger partial charge in [-0.15, -0.1) is 0 Å². The van der Waals surface area contributed by atoms with Crippen molar-refractivity contribution >= 4 is 27.5 Å². The van der Waals surface area contributed by atoms with Gasteiger partial charge in [0.1, 0.15) is 0 Å². The van der Waals surface area contributed by atoms with Gasteiger partial charge in [0.05, 0.1) is 6.04 Å². The Kier molecular flexibility index (Phi) is 4.31. The Labute approximate surface area is 123 Å². The fourth-order valence-electron chi connectivity index (χ4n) is 2.63. The summed E-state index contributed by atoms with van der Waals surface area (Å²) in [4.78, 5) is 12.4. The van der Waals surface area contributed by atoms with E-state index in [9.17, 15) is 4.79 Å². The lowest BCUT2D eigenvalue weighted by molar-refractivity contribution is -0.121. The number of benzene rings is 1. The van der Waals surface area contributed by atoms with Crippen molar-refractivity contribution < 1.29 is 4.79 Å². The molecule has 0 aliphatic carbocycles. The largest absolute Gasteiger partial charge is 0.324 e. The van der Waals surface area contributed by atoms with Gasteiger partial charge in [0.25, 0.3) is 0 Å². The molecule has 4 heteroatoms. The van der Waals surface area contributed by atoms with Crippen molar-refractivity contribution in [3.63, 3.8) is 0 Å². The average Bonchev–Trinajstić information content (AvgIpc) is 2.32. The summed E-state index contributed by atoms with van der Waals surface area (Å²) in [6.45, 7) is 7.22. The minimum atomic E-state index is -0.121. The lowest BCUT2D eigenvalue weighted by Gasteiger charge is -2.38. The highest BCUT2D eigenvalue weighted by molar-refractivity contribution is 9.10. The zero-order valence-electron chi connectivity index (χ0n) is 11.7. The Hall–Kier alpha value is -0.870. The summed E-state index contributed by atoms with van der Waals surface area (Å²) >= 11 is 3.43. The number of carbonyl (C=O) groups is 1. The van der Waals surface area contributed by atoms with Crippen LogP contribution in [0.1, 0.15) is 32.3 Å². The number of rotatable bonds is 2. The van der Waals surface area contributed by atoms with E-state index < -0.39 is 0 Å². The molecule has 1 saturated heterocycles. The molecule has 0 radical (unpaired) electrons. The predicted molar refractivity (Wildman–Crippen MR) is 82.3 cm³/mol. The molecule has 1 aliphatic heterocycles. The molecule has 1 heterocycles. The predicted octanol–water partition coefficient (Wildman–Crippen LogP) is 3.47. The topological polar surface area (TPSA) is 41.1 Å². The number of hydrogen-bond acceptors (Lipinski definition) is 2. The zero-order chi connectivity index (χ0) is 14.0. The van der Waals surface area contributed by atoms with E-state index in [4.69, 9.17) is 0 Å². The number of anilines is 1. The second-order valence-corrected chi connectivity index (χ2v) is 6.84. The molecule has 1 aromatic carbocycles. The molecule has 1 amide bonds. The highest BCUT2D eigenvalue weighted by Gasteiger charge is 2.37. The molecule has 1 atom stereocenters. The fourth-order valence-corrected chi connectivity index (χ4v) is 3.11. The van der Waals surface area contributed by atoms with Crippen LogP contribution in [-0.2, 0) is 4.79 Å². The van der Waals surface area contributed by atoms with Crippen molar-refractivity contribution in [2.45, 2.75) is 39.7 Å². The van der Waals surface area contributed by atoms with Crippen LogP contribution in [0.25, 0.3) is 0 Å². The summed E-state index contributed by atoms with van der Waals surface area (Å²) in [5, 5.41) is 6.38. The average molecular weight is 325 g/mol. The minimum Gasteiger partial charge on any atom is -0.324 e. The van der Waals surface area contributed by atoms with Gasteiger partial charge in [0.15, 0.2) is 0 Å². The zero-order valence-corrected chi connectivity index (χ0v) is 13.3. The van der Waals surface area contributed by atoms with E-state index in [1.54, 1.807) is 0 Å². The van der Waals surface area contributed by atoms with Gasteiger partial charge in [-0.2, -0.15) is 0 Å². The van der Waals surface area contributed by atoms with E-state index in [1.807, 2.05) is 25.1 Å². The van der Waals surface area contributed by atoms with Crippen LogP contribution >= 0.6 is 15.9 Å². The van der Waals surface area contributed by atoms with E-state index in [0.717, 1.165) is 35.1 Å². The van der Waals surface area contributed by atoms with Crippen LogP contribution in [0.2, 0.25) is 0 Å². The molecule has 104 valence electrons. The molecular formula is C15H21BrN2O. The monoisotopic (exact) mass is 324 g/mol. The third-order valence-electron chi connectivity index (χ3n) is 3.84. The quantitative estimate of drug-likeness (QED) is 0.874. The van der Waals surface area contributed by atoms with E-state index in [1.165, 1.54) is 0 Å². The van der Waals surface area contributed by atoms with Crippen LogP contribution in [0, 0.1) is 12.3 Å². The number of nitrogens with one attached hydrogen (secondary N) is 2. The maximum absolute atomic E-state index is 12.4. The van der Waals surface area contributed by atoms with Crippen LogP contribution in [0.4, 0.5) is 5.69 Å². The van der Waals surface area contributed by atoms with Crippen molar-refractivity contribution in [1.82, 2.24) is 5.32 Å². The van der Waals surface area contributed by atoms with Crippen molar-refractivity contribution in [2.75, 3.05) is 11.9 Å². The molecule has 1 aliphatic rings. The molecule has 1 fully saturated rings. The number of aryl methyl sites for hydroxylation is 1. The first-order chi connectivity index (χ1) is 8.90. The Morgan fingerprint density at radius 1 is 1.47 bits per heavy atom. The van der Waals surface area contributed by atoms with Crippen LogP contribution in [0.5, 0.6) is 0 Å². The summed E-state index contributed by atoms with van der Waals surface area (Å²) in [5.74, 6) is 0.0649. The molecule has 0 saturated carbocycles. The Morgan fingerprint density at radius 3 is 2.84 bits per heavy atom. The summed E-state index contributed by atoms with van der Waals surface area (Å²) in [6, 6.07) is 5.77. The lowest BCUT2D eigenvalue weighted by Crippen LogP contribution is -2.53. The first-order valence-corrected chi connectivity index (χ1v) is 7.50. The van der Waals surface area contributed by atoms with Gasteiger partial charge < -0.3 is 10.6 Å². The SMILES string of the molecule is Cc1cc(Br)ccc1NC(=O)C1NCCCC1(C)C. The Bertz CT molecular complexity index is 485. The van der Waals surface area contributed by atoms with Gasteiger partial charge >= 0.3 is 0 Å². The lowest BCUT2D eigenvalue weighted by atomic mass is 9.77. The van der Waals surface area contributed by atoms with Crippen molar-refractivity contribution in [2.24, 2.45) is 5.41 Å². The molecule has 0 bridgehead atoms. The normalized spacial score (nSPS) is 22.0. The smallest absolute Gasteiger partial charge is 0.242 e. The minimum absolute atomic E-state index is 0.00556. The van der Waals surface area contributed by atoms with Crippen molar-refractivity contribution in [1.29, 1.82) is 0 Å². The first-order valence-electron chi connectivity index (χ1n) is 6.70. The number of hydrogen-bond donors (Lipinski definition) is 2.